The maximum Gasteiger partial charge on any atom is 0.335 e. The Morgan fingerprint density at radius 2 is 2.14 bits per heavy atom. The number of amides is 2. The first-order valence-electron chi connectivity index (χ1n) is 6.64. The maximum atomic E-state index is 13.6. The maximum absolute atomic E-state index is 13.6. The fourth-order valence-electron chi connectivity index (χ4n) is 2.45. The lowest BCUT2D eigenvalue weighted by molar-refractivity contribution is 0.0697. The SMILES string of the molecule is COC1CCCC1NC(=O)Nc1cc(C(=O)O)ccc1F. The number of carboxylic acid groups (broad SMARTS) is 1. The minimum absolute atomic E-state index is 0.0500. The van der Waals surface area contributed by atoms with E-state index in [2.05, 4.69) is 10.6 Å². The predicted molar refractivity (Wildman–Crippen MR) is 73.9 cm³/mol. The Labute approximate surface area is 121 Å². The molecule has 1 aliphatic rings. The molecule has 0 heterocycles. The van der Waals surface area contributed by atoms with Crippen molar-refractivity contribution in [1.82, 2.24) is 5.32 Å². The summed E-state index contributed by atoms with van der Waals surface area (Å²) in [7, 11) is 1.58. The summed E-state index contributed by atoms with van der Waals surface area (Å²) in [6.45, 7) is 0. The number of rotatable bonds is 4. The van der Waals surface area contributed by atoms with Crippen molar-refractivity contribution in [1.29, 1.82) is 0 Å². The van der Waals surface area contributed by atoms with Gasteiger partial charge in [-0.3, -0.25) is 0 Å². The van der Waals surface area contributed by atoms with Crippen molar-refractivity contribution in [3.8, 4) is 0 Å². The van der Waals surface area contributed by atoms with Crippen molar-refractivity contribution >= 4 is 17.7 Å². The third-order valence-electron chi connectivity index (χ3n) is 3.53. The smallest absolute Gasteiger partial charge is 0.335 e. The molecular weight excluding hydrogens is 279 g/mol. The summed E-state index contributed by atoms with van der Waals surface area (Å²) in [4.78, 5) is 22.7. The van der Waals surface area contributed by atoms with Crippen LogP contribution in [0.3, 0.4) is 0 Å². The summed E-state index contributed by atoms with van der Waals surface area (Å²) in [6, 6.07) is 2.52. The van der Waals surface area contributed by atoms with Crippen LogP contribution < -0.4 is 10.6 Å². The number of hydrogen-bond acceptors (Lipinski definition) is 3. The number of anilines is 1. The Morgan fingerprint density at radius 3 is 2.81 bits per heavy atom. The average Bonchev–Trinajstić information content (AvgIpc) is 2.88. The summed E-state index contributed by atoms with van der Waals surface area (Å²) in [6.07, 6.45) is 2.56. The average molecular weight is 296 g/mol. The molecule has 114 valence electrons. The number of carbonyl (C=O) groups is 2. The van der Waals surface area contributed by atoms with Crippen molar-refractivity contribution in [2.75, 3.05) is 12.4 Å². The molecule has 0 saturated heterocycles. The molecule has 2 rings (SSSR count). The Morgan fingerprint density at radius 1 is 1.38 bits per heavy atom. The van der Waals surface area contributed by atoms with Gasteiger partial charge < -0.3 is 20.5 Å². The molecule has 0 spiro atoms. The summed E-state index contributed by atoms with van der Waals surface area (Å²) >= 11 is 0. The van der Waals surface area contributed by atoms with Crippen LogP contribution in [0.4, 0.5) is 14.9 Å². The van der Waals surface area contributed by atoms with E-state index in [1.54, 1.807) is 7.11 Å². The van der Waals surface area contributed by atoms with Gasteiger partial charge in [-0.1, -0.05) is 0 Å². The van der Waals surface area contributed by atoms with Gasteiger partial charge in [-0.15, -0.1) is 0 Å². The molecule has 3 N–H and O–H groups in total. The van der Waals surface area contributed by atoms with E-state index in [4.69, 9.17) is 9.84 Å². The fraction of sp³-hybridized carbons (Fsp3) is 0.429. The summed E-state index contributed by atoms with van der Waals surface area (Å²) < 4.78 is 18.8. The molecular formula is C14H17FN2O4. The van der Waals surface area contributed by atoms with Crippen LogP contribution in [0.5, 0.6) is 0 Å². The van der Waals surface area contributed by atoms with Gasteiger partial charge in [0.05, 0.1) is 23.4 Å². The highest BCUT2D eigenvalue weighted by molar-refractivity contribution is 5.93. The molecule has 21 heavy (non-hydrogen) atoms. The number of halogens is 1. The molecule has 0 bridgehead atoms. The molecule has 6 nitrogen and oxygen atoms in total. The zero-order valence-corrected chi connectivity index (χ0v) is 11.6. The predicted octanol–water partition coefficient (Wildman–Crippen LogP) is 2.21. The third-order valence-corrected chi connectivity index (χ3v) is 3.53. The van der Waals surface area contributed by atoms with E-state index in [1.807, 2.05) is 0 Å². The Balaban J connectivity index is 2.02. The number of aromatic carboxylic acids is 1. The lowest BCUT2D eigenvalue weighted by Crippen LogP contribution is -2.43. The number of nitrogens with one attached hydrogen (secondary N) is 2. The van der Waals surface area contributed by atoms with E-state index >= 15 is 0 Å². The summed E-state index contributed by atoms with van der Waals surface area (Å²) in [5.41, 5.74) is -0.262. The van der Waals surface area contributed by atoms with Crippen molar-refractivity contribution in [2.45, 2.75) is 31.4 Å². The minimum atomic E-state index is -1.19. The van der Waals surface area contributed by atoms with E-state index in [-0.39, 0.29) is 23.4 Å². The van der Waals surface area contributed by atoms with Gasteiger partial charge in [0.25, 0.3) is 0 Å². The number of carbonyl (C=O) groups excluding carboxylic acids is 1. The molecule has 1 aromatic carbocycles. The first-order chi connectivity index (χ1) is 10.0. The van der Waals surface area contributed by atoms with Crippen LogP contribution in [0.2, 0.25) is 0 Å². The highest BCUT2D eigenvalue weighted by atomic mass is 19.1. The Bertz CT molecular complexity index is 550. The topological polar surface area (TPSA) is 87.7 Å². The molecule has 0 radical (unpaired) electrons. The van der Waals surface area contributed by atoms with Gasteiger partial charge in [-0.05, 0) is 37.5 Å². The molecule has 0 aromatic heterocycles. The first-order valence-corrected chi connectivity index (χ1v) is 6.64. The van der Waals surface area contributed by atoms with Crippen LogP contribution in [-0.4, -0.2) is 36.4 Å². The van der Waals surface area contributed by atoms with Crippen LogP contribution in [0.25, 0.3) is 0 Å². The Kier molecular flexibility index (Phi) is 4.74. The molecule has 1 fully saturated rings. The van der Waals surface area contributed by atoms with Crippen molar-refractivity contribution in [3.63, 3.8) is 0 Å². The molecule has 7 heteroatoms. The van der Waals surface area contributed by atoms with Crippen LogP contribution in [0, 0.1) is 5.82 Å². The number of urea groups is 1. The monoisotopic (exact) mass is 296 g/mol. The normalized spacial score (nSPS) is 21.0. The second-order valence-corrected chi connectivity index (χ2v) is 4.91. The number of benzene rings is 1. The van der Waals surface area contributed by atoms with Gasteiger partial charge in [-0.2, -0.15) is 0 Å². The second-order valence-electron chi connectivity index (χ2n) is 4.91. The van der Waals surface area contributed by atoms with Crippen molar-refractivity contribution in [2.24, 2.45) is 0 Å². The largest absolute Gasteiger partial charge is 0.478 e. The number of methoxy groups -OCH3 is 1. The fourth-order valence-corrected chi connectivity index (χ4v) is 2.45. The van der Waals surface area contributed by atoms with Gasteiger partial charge in [0.2, 0.25) is 0 Å². The van der Waals surface area contributed by atoms with Crippen LogP contribution >= 0.6 is 0 Å². The van der Waals surface area contributed by atoms with Gasteiger partial charge in [0.1, 0.15) is 5.82 Å². The van der Waals surface area contributed by atoms with Gasteiger partial charge in [0.15, 0.2) is 0 Å². The summed E-state index contributed by atoms with van der Waals surface area (Å²) in [5, 5.41) is 13.9. The zero-order chi connectivity index (χ0) is 15.4. The lowest BCUT2D eigenvalue weighted by Gasteiger charge is -2.20. The molecule has 0 aliphatic heterocycles. The van der Waals surface area contributed by atoms with Gasteiger partial charge >= 0.3 is 12.0 Å². The molecule has 2 unspecified atom stereocenters. The van der Waals surface area contributed by atoms with Gasteiger partial charge in [0, 0.05) is 7.11 Å². The van der Waals surface area contributed by atoms with E-state index in [9.17, 15) is 14.0 Å². The third kappa shape index (κ3) is 3.69. The zero-order valence-electron chi connectivity index (χ0n) is 11.6. The quantitative estimate of drug-likeness (QED) is 0.795. The highest BCUT2D eigenvalue weighted by Crippen LogP contribution is 2.22. The highest BCUT2D eigenvalue weighted by Gasteiger charge is 2.28. The standard InChI is InChI=1S/C14H17FN2O4/c1-21-12-4-2-3-10(12)16-14(20)17-11-7-8(13(18)19)5-6-9(11)15/h5-7,10,12H,2-4H2,1H3,(H,18,19)(H2,16,17,20). The van der Waals surface area contributed by atoms with Crippen molar-refractivity contribution < 1.29 is 23.8 Å². The molecule has 2 atom stereocenters. The van der Waals surface area contributed by atoms with Crippen LogP contribution in [0.1, 0.15) is 29.6 Å². The van der Waals surface area contributed by atoms with Gasteiger partial charge in [-0.25, -0.2) is 14.0 Å². The molecule has 1 aromatic rings. The van der Waals surface area contributed by atoms with E-state index in [0.717, 1.165) is 37.5 Å². The minimum Gasteiger partial charge on any atom is -0.478 e. The number of hydrogen-bond donors (Lipinski definition) is 3. The molecule has 1 aliphatic carbocycles. The van der Waals surface area contributed by atoms with E-state index in [0.29, 0.717) is 0 Å². The van der Waals surface area contributed by atoms with Crippen LogP contribution in [0.15, 0.2) is 18.2 Å². The Hall–Kier alpha value is -2.15. The van der Waals surface area contributed by atoms with Crippen molar-refractivity contribution in [3.05, 3.63) is 29.6 Å². The molecule has 2 amide bonds. The van der Waals surface area contributed by atoms with Crippen LogP contribution in [-0.2, 0) is 4.74 Å². The van der Waals surface area contributed by atoms with E-state index in [1.165, 1.54) is 0 Å². The number of ether oxygens (including phenoxy) is 1. The summed E-state index contributed by atoms with van der Waals surface area (Å²) in [5.74, 6) is -1.88. The van der Waals surface area contributed by atoms with E-state index < -0.39 is 17.8 Å². The lowest BCUT2D eigenvalue weighted by atomic mass is 10.2. The molecule has 1 saturated carbocycles. The first kappa shape index (κ1) is 15.2. The second kappa shape index (κ2) is 6.53. The number of carboxylic acids is 1.